The highest BCUT2D eigenvalue weighted by Gasteiger charge is 2.36. The molecule has 2 atom stereocenters. The maximum Gasteiger partial charge on any atom is 0.410 e. The first kappa shape index (κ1) is 18.4. The van der Waals surface area contributed by atoms with Gasteiger partial charge < -0.3 is 14.7 Å². The van der Waals surface area contributed by atoms with Crippen LogP contribution in [-0.4, -0.2) is 61.5 Å². The Morgan fingerprint density at radius 2 is 1.92 bits per heavy atom. The van der Waals surface area contributed by atoms with Crippen LogP contribution in [-0.2, 0) is 4.74 Å². The van der Waals surface area contributed by atoms with Crippen molar-refractivity contribution in [2.24, 2.45) is 0 Å². The predicted octanol–water partition coefficient (Wildman–Crippen LogP) is 1.69. The summed E-state index contributed by atoms with van der Waals surface area (Å²) in [4.78, 5) is 32.4. The minimum absolute atomic E-state index is 0.0845. The maximum atomic E-state index is 12.5. The Morgan fingerprint density at radius 1 is 1.31 bits per heavy atom. The molecule has 2 aromatic rings. The molecule has 2 aromatic heterocycles. The lowest BCUT2D eigenvalue weighted by atomic mass is 10.1. The van der Waals surface area contributed by atoms with Crippen LogP contribution in [0.1, 0.15) is 34.6 Å². The molecule has 0 unspecified atom stereocenters. The van der Waals surface area contributed by atoms with Crippen molar-refractivity contribution >= 4 is 27.5 Å². The van der Waals surface area contributed by atoms with Gasteiger partial charge in [-0.2, -0.15) is 9.50 Å². The molecule has 0 spiro atoms. The molecule has 1 N–H and O–H groups in total. The first-order chi connectivity index (χ1) is 12.0. The molecule has 0 saturated carbocycles. The van der Waals surface area contributed by atoms with E-state index in [2.05, 4.69) is 10.1 Å². The number of ether oxygens (including phenoxy) is 1. The standard InChI is InChI=1S/C16H23N5O4S/c1-9-7-19(8-10(2)20(9)15(24)25-16(3,4)5)14-18-21-12(23)6-11(22)17-13(21)26-14/h6,9-10,22H,7-8H2,1-5H3/t9-,10+. The maximum absolute atomic E-state index is 12.5. The van der Waals surface area contributed by atoms with E-state index >= 15 is 0 Å². The van der Waals surface area contributed by atoms with Crippen LogP contribution in [0.4, 0.5) is 9.93 Å². The Hall–Kier alpha value is -2.36. The average molecular weight is 381 g/mol. The molecule has 3 heterocycles. The fourth-order valence-corrected chi connectivity index (χ4v) is 3.99. The van der Waals surface area contributed by atoms with Crippen molar-refractivity contribution in [3.63, 3.8) is 0 Å². The summed E-state index contributed by atoms with van der Waals surface area (Å²) in [5.74, 6) is -0.318. The van der Waals surface area contributed by atoms with Crippen molar-refractivity contribution in [1.29, 1.82) is 0 Å². The fourth-order valence-electron chi connectivity index (χ4n) is 3.07. The van der Waals surface area contributed by atoms with Crippen molar-refractivity contribution in [1.82, 2.24) is 19.5 Å². The first-order valence-electron chi connectivity index (χ1n) is 8.41. The lowest BCUT2D eigenvalue weighted by molar-refractivity contribution is 0.00565. The topological polar surface area (TPSA) is 100 Å². The number of hydrogen-bond donors (Lipinski definition) is 1. The van der Waals surface area contributed by atoms with E-state index in [0.29, 0.717) is 23.2 Å². The third-order valence-corrected chi connectivity index (χ3v) is 4.98. The van der Waals surface area contributed by atoms with Gasteiger partial charge in [0.15, 0.2) is 0 Å². The summed E-state index contributed by atoms with van der Waals surface area (Å²) in [7, 11) is 0. The second kappa shape index (κ2) is 6.42. The highest BCUT2D eigenvalue weighted by atomic mass is 32.1. The molecule has 1 amide bonds. The number of piperazine rings is 1. The van der Waals surface area contributed by atoms with E-state index < -0.39 is 11.2 Å². The van der Waals surface area contributed by atoms with E-state index in [4.69, 9.17) is 4.74 Å². The zero-order valence-electron chi connectivity index (χ0n) is 15.5. The average Bonchev–Trinajstić information content (AvgIpc) is 2.88. The van der Waals surface area contributed by atoms with Crippen LogP contribution in [0, 0.1) is 0 Å². The predicted molar refractivity (Wildman–Crippen MR) is 98.0 cm³/mol. The summed E-state index contributed by atoms with van der Waals surface area (Å²) >= 11 is 1.23. The third kappa shape index (κ3) is 3.59. The third-order valence-electron chi connectivity index (χ3n) is 4.01. The van der Waals surface area contributed by atoms with Crippen LogP contribution in [0.5, 0.6) is 5.88 Å². The first-order valence-corrected chi connectivity index (χ1v) is 9.23. The van der Waals surface area contributed by atoms with Crippen molar-refractivity contribution in [2.45, 2.75) is 52.3 Å². The van der Waals surface area contributed by atoms with Gasteiger partial charge in [-0.25, -0.2) is 4.79 Å². The number of hydrogen-bond acceptors (Lipinski definition) is 8. The lowest BCUT2D eigenvalue weighted by Gasteiger charge is -2.44. The molecule has 0 radical (unpaired) electrons. The quantitative estimate of drug-likeness (QED) is 0.802. The van der Waals surface area contributed by atoms with E-state index in [1.165, 1.54) is 15.9 Å². The number of nitrogens with zero attached hydrogens (tertiary/aromatic N) is 5. The van der Waals surface area contributed by atoms with Crippen molar-refractivity contribution in [2.75, 3.05) is 18.0 Å². The summed E-state index contributed by atoms with van der Waals surface area (Å²) in [5, 5.41) is 14.4. The minimum Gasteiger partial charge on any atom is -0.493 e. The normalized spacial score (nSPS) is 21.3. The van der Waals surface area contributed by atoms with Crippen LogP contribution >= 0.6 is 11.3 Å². The van der Waals surface area contributed by atoms with Gasteiger partial charge in [-0.1, -0.05) is 11.3 Å². The van der Waals surface area contributed by atoms with Crippen molar-refractivity contribution < 1.29 is 14.6 Å². The van der Waals surface area contributed by atoms with Crippen LogP contribution in [0.15, 0.2) is 10.9 Å². The Labute approximate surface area is 154 Å². The van der Waals surface area contributed by atoms with Gasteiger partial charge in [0, 0.05) is 13.1 Å². The van der Waals surface area contributed by atoms with Crippen molar-refractivity contribution in [3.8, 4) is 5.88 Å². The van der Waals surface area contributed by atoms with Gasteiger partial charge in [0.1, 0.15) is 5.60 Å². The lowest BCUT2D eigenvalue weighted by Crippen LogP contribution is -2.59. The second-order valence-electron chi connectivity index (χ2n) is 7.52. The van der Waals surface area contributed by atoms with E-state index in [0.717, 1.165) is 6.07 Å². The minimum atomic E-state index is -0.546. The van der Waals surface area contributed by atoms with Gasteiger partial charge in [0.2, 0.25) is 16.0 Å². The molecule has 0 bridgehead atoms. The van der Waals surface area contributed by atoms with Gasteiger partial charge in [-0.05, 0) is 34.6 Å². The van der Waals surface area contributed by atoms with Gasteiger partial charge in [-0.15, -0.1) is 5.10 Å². The van der Waals surface area contributed by atoms with E-state index in [1.807, 2.05) is 39.5 Å². The molecule has 1 saturated heterocycles. The summed E-state index contributed by atoms with van der Waals surface area (Å²) in [6.07, 6.45) is -0.329. The molecule has 9 nitrogen and oxygen atoms in total. The zero-order valence-corrected chi connectivity index (χ0v) is 16.3. The number of aromatic hydroxyl groups is 1. The molecule has 26 heavy (non-hydrogen) atoms. The molecule has 0 aliphatic carbocycles. The summed E-state index contributed by atoms with van der Waals surface area (Å²) < 4.78 is 6.68. The number of carbonyl (C=O) groups is 1. The van der Waals surface area contributed by atoms with Gasteiger partial charge in [0.25, 0.3) is 5.56 Å². The highest BCUT2D eigenvalue weighted by Crippen LogP contribution is 2.27. The molecule has 1 aliphatic rings. The number of fused-ring (bicyclic) bond motifs is 1. The number of carbonyl (C=O) groups excluding carboxylic acids is 1. The monoisotopic (exact) mass is 381 g/mol. The second-order valence-corrected chi connectivity index (χ2v) is 8.46. The summed E-state index contributed by atoms with van der Waals surface area (Å²) in [6, 6.07) is 0.861. The Bertz CT molecular complexity index is 875. The Kier molecular flexibility index (Phi) is 4.55. The number of anilines is 1. The van der Waals surface area contributed by atoms with Crippen LogP contribution < -0.4 is 10.5 Å². The SMILES string of the molecule is C[C@@H]1CN(c2nn3c(=O)cc(O)nc3s2)C[C@H](C)N1C(=O)OC(C)(C)C. The van der Waals surface area contributed by atoms with Gasteiger partial charge >= 0.3 is 6.09 Å². The summed E-state index contributed by atoms with van der Waals surface area (Å²) in [6.45, 7) is 10.6. The molecule has 0 aromatic carbocycles. The Morgan fingerprint density at radius 3 is 2.50 bits per heavy atom. The number of rotatable bonds is 1. The molecule has 1 fully saturated rings. The van der Waals surface area contributed by atoms with Gasteiger partial charge in [0.05, 0.1) is 18.2 Å². The van der Waals surface area contributed by atoms with Crippen LogP contribution in [0.25, 0.3) is 4.96 Å². The molecule has 142 valence electrons. The molecular weight excluding hydrogens is 358 g/mol. The zero-order chi connectivity index (χ0) is 19.2. The number of amides is 1. The van der Waals surface area contributed by atoms with Crippen LogP contribution in [0.3, 0.4) is 0 Å². The fraction of sp³-hybridized carbons (Fsp3) is 0.625. The van der Waals surface area contributed by atoms with E-state index in [-0.39, 0.29) is 24.1 Å². The van der Waals surface area contributed by atoms with E-state index in [1.54, 1.807) is 4.90 Å². The largest absolute Gasteiger partial charge is 0.493 e. The number of aromatic nitrogens is 3. The molecular formula is C16H23N5O4S. The molecule has 10 heteroatoms. The van der Waals surface area contributed by atoms with Crippen molar-refractivity contribution in [3.05, 3.63) is 16.4 Å². The highest BCUT2D eigenvalue weighted by molar-refractivity contribution is 7.20. The Balaban J connectivity index is 1.82. The van der Waals surface area contributed by atoms with Crippen LogP contribution in [0.2, 0.25) is 0 Å². The molecule has 1 aliphatic heterocycles. The van der Waals surface area contributed by atoms with Gasteiger partial charge in [-0.3, -0.25) is 9.69 Å². The summed E-state index contributed by atoms with van der Waals surface area (Å²) in [5.41, 5.74) is -0.973. The van der Waals surface area contributed by atoms with E-state index in [9.17, 15) is 14.7 Å². The smallest absolute Gasteiger partial charge is 0.410 e. The molecule has 3 rings (SSSR count).